The molecular formula is C21H30N6O. The van der Waals surface area contributed by atoms with Crippen molar-refractivity contribution in [3.05, 3.63) is 47.5 Å². The second-order valence-electron chi connectivity index (χ2n) is 8.10. The minimum atomic E-state index is -0.285. The minimum Gasteiger partial charge on any atom is -0.350 e. The molecule has 1 amide bonds. The first-order valence-corrected chi connectivity index (χ1v) is 10.4. The smallest absolute Gasteiger partial charge is 0.242 e. The van der Waals surface area contributed by atoms with Crippen LogP contribution in [0.3, 0.4) is 0 Å². The Kier molecular flexibility index (Phi) is 6.02. The zero-order valence-electron chi connectivity index (χ0n) is 16.3. The van der Waals surface area contributed by atoms with Crippen LogP contribution in [0.4, 0.5) is 0 Å². The lowest BCUT2D eigenvalue weighted by Crippen LogP contribution is -2.46. The van der Waals surface area contributed by atoms with Crippen molar-refractivity contribution in [3.63, 3.8) is 0 Å². The molecule has 28 heavy (non-hydrogen) atoms. The van der Waals surface area contributed by atoms with Crippen molar-refractivity contribution in [1.29, 1.82) is 0 Å². The molecule has 150 valence electrons. The van der Waals surface area contributed by atoms with E-state index in [1.165, 1.54) is 12.8 Å². The van der Waals surface area contributed by atoms with Crippen LogP contribution >= 0.6 is 0 Å². The van der Waals surface area contributed by atoms with Gasteiger partial charge in [-0.2, -0.15) is 5.10 Å². The summed E-state index contributed by atoms with van der Waals surface area (Å²) < 4.78 is 1.72. The molecule has 1 saturated heterocycles. The molecule has 1 aromatic carbocycles. The van der Waals surface area contributed by atoms with E-state index < -0.39 is 0 Å². The largest absolute Gasteiger partial charge is 0.350 e. The van der Waals surface area contributed by atoms with Crippen LogP contribution in [0.15, 0.2) is 30.3 Å². The average molecular weight is 383 g/mol. The molecule has 2 heterocycles. The van der Waals surface area contributed by atoms with Gasteiger partial charge in [-0.3, -0.25) is 4.79 Å². The number of nitrogens with one attached hydrogen (secondary N) is 2. The van der Waals surface area contributed by atoms with E-state index in [2.05, 4.69) is 27.9 Å². The highest BCUT2D eigenvalue weighted by atomic mass is 16.2. The molecule has 2 aliphatic rings. The van der Waals surface area contributed by atoms with E-state index >= 15 is 0 Å². The first kappa shape index (κ1) is 19.1. The minimum absolute atomic E-state index is 0.0234. The zero-order chi connectivity index (χ0) is 19.3. The van der Waals surface area contributed by atoms with Gasteiger partial charge in [-0.25, -0.2) is 9.67 Å². The van der Waals surface area contributed by atoms with Gasteiger partial charge in [-0.05, 0) is 50.1 Å². The summed E-state index contributed by atoms with van der Waals surface area (Å²) in [6.45, 7) is 2.03. The molecule has 1 aromatic heterocycles. The third kappa shape index (κ3) is 5.17. The number of nitrogens with zero attached hydrogens (tertiary/aromatic N) is 3. The molecule has 1 aliphatic heterocycles. The Bertz CT molecular complexity index is 779. The maximum Gasteiger partial charge on any atom is 0.242 e. The van der Waals surface area contributed by atoms with Crippen LogP contribution in [0.5, 0.6) is 0 Å². The van der Waals surface area contributed by atoms with Crippen LogP contribution in [0.2, 0.25) is 0 Å². The van der Waals surface area contributed by atoms with Crippen molar-refractivity contribution in [3.8, 4) is 0 Å². The van der Waals surface area contributed by atoms with Crippen LogP contribution in [0.25, 0.3) is 0 Å². The fraction of sp³-hybridized carbons (Fsp3) is 0.571. The van der Waals surface area contributed by atoms with E-state index in [4.69, 9.17) is 10.7 Å². The first-order valence-electron chi connectivity index (χ1n) is 10.4. The van der Waals surface area contributed by atoms with E-state index in [1.54, 1.807) is 4.68 Å². The molecule has 7 nitrogen and oxygen atoms in total. The summed E-state index contributed by atoms with van der Waals surface area (Å²) in [6.07, 6.45) is 6.16. The summed E-state index contributed by atoms with van der Waals surface area (Å²) >= 11 is 0. The van der Waals surface area contributed by atoms with E-state index in [0.717, 1.165) is 43.7 Å². The van der Waals surface area contributed by atoms with Gasteiger partial charge < -0.3 is 16.4 Å². The molecule has 0 radical (unpaired) electrons. The normalized spacial score (nSPS) is 20.7. The number of nitrogens with two attached hydrogens (primary N) is 1. The van der Waals surface area contributed by atoms with Gasteiger partial charge in [0.1, 0.15) is 12.4 Å². The predicted octanol–water partition coefficient (Wildman–Crippen LogP) is 1.34. The first-order chi connectivity index (χ1) is 13.7. The summed E-state index contributed by atoms with van der Waals surface area (Å²) in [7, 11) is 0. The Hall–Kier alpha value is -2.25. The zero-order valence-corrected chi connectivity index (χ0v) is 16.3. The van der Waals surface area contributed by atoms with Crippen LogP contribution in [-0.2, 0) is 24.2 Å². The van der Waals surface area contributed by atoms with Crippen molar-refractivity contribution in [2.24, 2.45) is 11.7 Å². The predicted molar refractivity (Wildman–Crippen MR) is 108 cm³/mol. The Morgan fingerprint density at radius 2 is 2.11 bits per heavy atom. The standard InChI is InChI=1S/C21H30N6O/c22-18(11-15-5-2-1-3-6-15)21-25-19(12-16-8-9-16)26-27(21)14-20(28)24-17-7-4-10-23-13-17/h1-3,5-6,16-18,23H,4,7-14,22H2,(H,24,28)/t17-,18+/m0/s1. The van der Waals surface area contributed by atoms with Crippen LogP contribution < -0.4 is 16.4 Å². The highest BCUT2D eigenvalue weighted by molar-refractivity contribution is 5.76. The molecule has 0 spiro atoms. The molecule has 4 N–H and O–H groups in total. The van der Waals surface area contributed by atoms with Crippen LogP contribution in [-0.4, -0.2) is 39.8 Å². The van der Waals surface area contributed by atoms with Crippen molar-refractivity contribution >= 4 is 5.91 Å². The molecule has 2 atom stereocenters. The van der Waals surface area contributed by atoms with Gasteiger partial charge >= 0.3 is 0 Å². The number of carbonyl (C=O) groups excluding carboxylic acids is 1. The van der Waals surface area contributed by atoms with Crippen molar-refractivity contribution < 1.29 is 4.79 Å². The van der Waals surface area contributed by atoms with Crippen LogP contribution in [0.1, 0.15) is 48.9 Å². The third-order valence-electron chi connectivity index (χ3n) is 5.50. The van der Waals surface area contributed by atoms with E-state index in [9.17, 15) is 4.79 Å². The summed E-state index contributed by atoms with van der Waals surface area (Å²) in [5, 5.41) is 11.1. The van der Waals surface area contributed by atoms with Gasteiger partial charge in [0.25, 0.3) is 0 Å². The number of carbonyl (C=O) groups is 1. The van der Waals surface area contributed by atoms with Gasteiger partial charge in [-0.1, -0.05) is 30.3 Å². The Labute approximate surface area is 166 Å². The molecule has 1 saturated carbocycles. The maximum absolute atomic E-state index is 12.6. The Morgan fingerprint density at radius 1 is 1.29 bits per heavy atom. The van der Waals surface area contributed by atoms with Crippen LogP contribution in [0, 0.1) is 5.92 Å². The van der Waals surface area contributed by atoms with E-state index in [0.29, 0.717) is 18.2 Å². The highest BCUT2D eigenvalue weighted by Gasteiger charge is 2.26. The lowest BCUT2D eigenvalue weighted by Gasteiger charge is -2.24. The quantitative estimate of drug-likeness (QED) is 0.640. The summed E-state index contributed by atoms with van der Waals surface area (Å²) in [5.41, 5.74) is 7.64. The lowest BCUT2D eigenvalue weighted by molar-refractivity contribution is -0.122. The number of piperidine rings is 1. The molecule has 2 fully saturated rings. The van der Waals surface area contributed by atoms with Gasteiger partial charge in [0.2, 0.25) is 5.91 Å². The lowest BCUT2D eigenvalue weighted by atomic mass is 10.1. The van der Waals surface area contributed by atoms with Crippen molar-refractivity contribution in [1.82, 2.24) is 25.4 Å². The van der Waals surface area contributed by atoms with Crippen molar-refractivity contribution in [2.45, 2.75) is 57.2 Å². The fourth-order valence-electron chi connectivity index (χ4n) is 3.80. The Balaban J connectivity index is 1.45. The molecule has 0 unspecified atom stereocenters. The molecular weight excluding hydrogens is 352 g/mol. The monoisotopic (exact) mass is 382 g/mol. The number of rotatable bonds is 8. The van der Waals surface area contributed by atoms with Crippen molar-refractivity contribution in [2.75, 3.05) is 13.1 Å². The fourth-order valence-corrected chi connectivity index (χ4v) is 3.80. The van der Waals surface area contributed by atoms with Gasteiger partial charge in [0.15, 0.2) is 5.82 Å². The summed E-state index contributed by atoms with van der Waals surface area (Å²) in [5.74, 6) is 2.19. The molecule has 7 heteroatoms. The summed E-state index contributed by atoms with van der Waals surface area (Å²) in [4.78, 5) is 17.3. The molecule has 2 aromatic rings. The second kappa shape index (κ2) is 8.84. The molecule has 4 rings (SSSR count). The maximum atomic E-state index is 12.6. The third-order valence-corrected chi connectivity index (χ3v) is 5.50. The Morgan fingerprint density at radius 3 is 2.82 bits per heavy atom. The number of benzene rings is 1. The van der Waals surface area contributed by atoms with Gasteiger partial charge in [0, 0.05) is 19.0 Å². The van der Waals surface area contributed by atoms with E-state index in [-0.39, 0.29) is 24.5 Å². The number of hydrogen-bond donors (Lipinski definition) is 3. The van der Waals surface area contributed by atoms with Gasteiger partial charge in [0.05, 0.1) is 6.04 Å². The number of hydrogen-bond acceptors (Lipinski definition) is 5. The molecule has 1 aliphatic carbocycles. The SMILES string of the molecule is N[C@H](Cc1ccccc1)c1nc(CC2CC2)nn1CC(=O)N[C@H]1CCCNC1. The number of aromatic nitrogens is 3. The highest BCUT2D eigenvalue weighted by Crippen LogP contribution is 2.32. The van der Waals surface area contributed by atoms with E-state index in [1.807, 2.05) is 18.2 Å². The molecule has 0 bridgehead atoms. The average Bonchev–Trinajstić information content (AvgIpc) is 3.42. The number of amides is 1. The summed E-state index contributed by atoms with van der Waals surface area (Å²) in [6, 6.07) is 10.1. The second-order valence-corrected chi connectivity index (χ2v) is 8.10. The topological polar surface area (TPSA) is 97.9 Å². The van der Waals surface area contributed by atoms with Gasteiger partial charge in [-0.15, -0.1) is 0 Å².